The fourth-order valence-corrected chi connectivity index (χ4v) is 3.62. The van der Waals surface area contributed by atoms with Crippen LogP contribution >= 0.6 is 0 Å². The summed E-state index contributed by atoms with van der Waals surface area (Å²) in [5, 5.41) is 0. The molecule has 25 heavy (non-hydrogen) atoms. The van der Waals surface area contributed by atoms with Crippen LogP contribution in [0.25, 0.3) is 0 Å². The second kappa shape index (κ2) is 7.79. The zero-order valence-corrected chi connectivity index (χ0v) is 15.2. The first-order valence-corrected chi connectivity index (χ1v) is 8.87. The Labute approximate surface area is 149 Å². The molecule has 0 spiro atoms. The summed E-state index contributed by atoms with van der Waals surface area (Å²) in [5.41, 5.74) is 4.15. The van der Waals surface area contributed by atoms with Crippen LogP contribution in [0, 0.1) is 19.8 Å². The Morgan fingerprint density at radius 3 is 2.80 bits per heavy atom. The highest BCUT2D eigenvalue weighted by Gasteiger charge is 2.32. The van der Waals surface area contributed by atoms with Crippen molar-refractivity contribution in [2.45, 2.75) is 32.8 Å². The number of nitrogens with zero attached hydrogens (tertiary/aromatic N) is 2. The maximum Gasteiger partial charge on any atom is 0.255 e. The van der Waals surface area contributed by atoms with Crippen molar-refractivity contribution in [3.63, 3.8) is 0 Å². The number of likely N-dealkylation sites (tertiary alicyclic amines) is 1. The third-order valence-corrected chi connectivity index (χ3v) is 4.99. The minimum absolute atomic E-state index is 0.0660. The van der Waals surface area contributed by atoms with E-state index in [1.807, 2.05) is 24.0 Å². The summed E-state index contributed by atoms with van der Waals surface area (Å²) in [6, 6.07) is 12.3. The predicted molar refractivity (Wildman–Crippen MR) is 98.7 cm³/mol. The third kappa shape index (κ3) is 4.26. The van der Waals surface area contributed by atoms with E-state index in [9.17, 15) is 4.79 Å². The van der Waals surface area contributed by atoms with Crippen molar-refractivity contribution in [3.05, 3.63) is 65.0 Å². The topological polar surface area (TPSA) is 42.4 Å². The maximum absolute atomic E-state index is 12.8. The van der Waals surface area contributed by atoms with Gasteiger partial charge >= 0.3 is 0 Å². The Bertz CT molecular complexity index is 727. The van der Waals surface area contributed by atoms with Crippen molar-refractivity contribution < 1.29 is 9.53 Å². The Balaban J connectivity index is 1.73. The second-order valence-electron chi connectivity index (χ2n) is 6.96. The number of hydrogen-bond acceptors (Lipinski definition) is 3. The van der Waals surface area contributed by atoms with Crippen LogP contribution < -0.4 is 0 Å². The lowest BCUT2D eigenvalue weighted by Gasteiger charge is -2.38. The maximum atomic E-state index is 12.8. The van der Waals surface area contributed by atoms with Crippen molar-refractivity contribution in [2.24, 2.45) is 5.92 Å². The number of aromatic nitrogens is 1. The Hall–Kier alpha value is -2.20. The Morgan fingerprint density at radius 1 is 1.28 bits per heavy atom. The van der Waals surface area contributed by atoms with Crippen LogP contribution in [0.2, 0.25) is 0 Å². The van der Waals surface area contributed by atoms with Gasteiger partial charge < -0.3 is 9.64 Å². The number of rotatable bonds is 4. The van der Waals surface area contributed by atoms with Crippen LogP contribution in [-0.4, -0.2) is 42.1 Å². The predicted octanol–water partition coefficient (Wildman–Crippen LogP) is 3.42. The number of amides is 1. The van der Waals surface area contributed by atoms with Crippen molar-refractivity contribution in [3.8, 4) is 0 Å². The summed E-state index contributed by atoms with van der Waals surface area (Å²) in [4.78, 5) is 19.0. The van der Waals surface area contributed by atoms with Gasteiger partial charge in [-0.1, -0.05) is 29.8 Å². The first kappa shape index (κ1) is 17.6. The molecule has 2 heterocycles. The second-order valence-corrected chi connectivity index (χ2v) is 6.96. The molecule has 1 aromatic heterocycles. The van der Waals surface area contributed by atoms with Crippen molar-refractivity contribution in [1.82, 2.24) is 9.88 Å². The average Bonchev–Trinajstić information content (AvgIpc) is 2.62. The Kier molecular flexibility index (Phi) is 5.49. The molecule has 0 N–H and O–H groups in total. The standard InChI is InChI=1S/C21H26N2O2/c1-15-5-4-6-17(11-15)12-19-14-23(10-9-20(19)25-3)21(24)18-8-7-16(2)22-13-18/h4-8,11,13,19-20H,9-10,12,14H2,1-3H3/t19-,20+/m1/s1. The third-order valence-electron chi connectivity index (χ3n) is 4.99. The first-order chi connectivity index (χ1) is 12.1. The van der Waals surface area contributed by atoms with Gasteiger partial charge in [-0.3, -0.25) is 9.78 Å². The number of pyridine rings is 1. The highest BCUT2D eigenvalue weighted by atomic mass is 16.5. The highest BCUT2D eigenvalue weighted by Crippen LogP contribution is 2.25. The van der Waals surface area contributed by atoms with Crippen molar-refractivity contribution in [2.75, 3.05) is 20.2 Å². The van der Waals surface area contributed by atoms with Gasteiger partial charge in [0.15, 0.2) is 0 Å². The highest BCUT2D eigenvalue weighted by molar-refractivity contribution is 5.94. The number of carbonyl (C=O) groups excluding carboxylic acids is 1. The molecule has 0 unspecified atom stereocenters. The molecule has 3 rings (SSSR count). The van der Waals surface area contributed by atoms with Crippen LogP contribution in [0.1, 0.15) is 33.6 Å². The molecule has 1 aliphatic rings. The largest absolute Gasteiger partial charge is 0.381 e. The van der Waals surface area contributed by atoms with E-state index in [4.69, 9.17) is 4.74 Å². The molecular formula is C21H26N2O2. The van der Waals surface area contributed by atoms with Gasteiger partial charge in [-0.05, 0) is 44.4 Å². The van der Waals surface area contributed by atoms with E-state index >= 15 is 0 Å². The van der Waals surface area contributed by atoms with E-state index in [0.29, 0.717) is 11.5 Å². The van der Waals surface area contributed by atoms with E-state index in [1.54, 1.807) is 13.3 Å². The average molecular weight is 338 g/mol. The van der Waals surface area contributed by atoms with E-state index in [0.717, 1.165) is 31.6 Å². The summed E-state index contributed by atoms with van der Waals surface area (Å²) in [6.07, 6.45) is 3.67. The minimum Gasteiger partial charge on any atom is -0.381 e. The monoisotopic (exact) mass is 338 g/mol. The van der Waals surface area contributed by atoms with E-state index in [2.05, 4.69) is 36.2 Å². The summed E-state index contributed by atoms with van der Waals surface area (Å²) in [5.74, 6) is 0.374. The molecule has 1 amide bonds. The number of ether oxygens (including phenoxy) is 1. The SMILES string of the molecule is CO[C@H]1CCN(C(=O)c2ccc(C)nc2)C[C@H]1Cc1cccc(C)c1. The lowest BCUT2D eigenvalue weighted by molar-refractivity contribution is -0.00301. The molecule has 4 nitrogen and oxygen atoms in total. The lowest BCUT2D eigenvalue weighted by atomic mass is 9.88. The van der Waals surface area contributed by atoms with Gasteiger partial charge in [0.2, 0.25) is 0 Å². The summed E-state index contributed by atoms with van der Waals surface area (Å²) in [6.45, 7) is 5.49. The summed E-state index contributed by atoms with van der Waals surface area (Å²) >= 11 is 0. The van der Waals surface area contributed by atoms with Gasteiger partial charge in [0.05, 0.1) is 11.7 Å². The zero-order valence-electron chi connectivity index (χ0n) is 15.2. The van der Waals surface area contributed by atoms with Gasteiger partial charge in [0, 0.05) is 38.0 Å². The smallest absolute Gasteiger partial charge is 0.255 e. The number of aryl methyl sites for hydroxylation is 2. The molecule has 0 aliphatic carbocycles. The van der Waals surface area contributed by atoms with Gasteiger partial charge in [0.1, 0.15) is 0 Å². The fraction of sp³-hybridized carbons (Fsp3) is 0.429. The van der Waals surface area contributed by atoms with E-state index in [-0.39, 0.29) is 12.0 Å². The number of hydrogen-bond donors (Lipinski definition) is 0. The summed E-state index contributed by atoms with van der Waals surface area (Å²) < 4.78 is 5.71. The minimum atomic E-state index is 0.0660. The number of piperidine rings is 1. The Morgan fingerprint density at radius 2 is 2.12 bits per heavy atom. The van der Waals surface area contributed by atoms with Crippen LogP contribution in [-0.2, 0) is 11.2 Å². The van der Waals surface area contributed by atoms with E-state index in [1.165, 1.54) is 11.1 Å². The molecule has 2 atom stereocenters. The molecule has 1 saturated heterocycles. The first-order valence-electron chi connectivity index (χ1n) is 8.87. The molecule has 132 valence electrons. The normalized spacial score (nSPS) is 20.5. The zero-order chi connectivity index (χ0) is 17.8. The van der Waals surface area contributed by atoms with Crippen molar-refractivity contribution in [1.29, 1.82) is 0 Å². The summed E-state index contributed by atoms with van der Waals surface area (Å²) in [7, 11) is 1.77. The number of methoxy groups -OCH3 is 1. The molecular weight excluding hydrogens is 312 g/mol. The molecule has 4 heteroatoms. The molecule has 2 aromatic rings. The molecule has 1 fully saturated rings. The molecule has 1 aliphatic heterocycles. The molecule has 1 aromatic carbocycles. The molecule has 0 saturated carbocycles. The molecule has 0 radical (unpaired) electrons. The van der Waals surface area contributed by atoms with Gasteiger partial charge in [0.25, 0.3) is 5.91 Å². The van der Waals surface area contributed by atoms with Crippen LogP contribution in [0.4, 0.5) is 0 Å². The van der Waals surface area contributed by atoms with Crippen LogP contribution in [0.3, 0.4) is 0 Å². The number of carbonyl (C=O) groups is 1. The van der Waals surface area contributed by atoms with E-state index < -0.39 is 0 Å². The van der Waals surface area contributed by atoms with Crippen molar-refractivity contribution >= 4 is 5.91 Å². The quantitative estimate of drug-likeness (QED) is 0.858. The molecule has 0 bridgehead atoms. The van der Waals surface area contributed by atoms with Crippen LogP contribution in [0.5, 0.6) is 0 Å². The number of benzene rings is 1. The van der Waals surface area contributed by atoms with Crippen LogP contribution in [0.15, 0.2) is 42.6 Å². The van der Waals surface area contributed by atoms with Gasteiger partial charge in [-0.2, -0.15) is 0 Å². The van der Waals surface area contributed by atoms with Gasteiger partial charge in [-0.25, -0.2) is 0 Å². The van der Waals surface area contributed by atoms with Gasteiger partial charge in [-0.15, -0.1) is 0 Å². The lowest BCUT2D eigenvalue weighted by Crippen LogP contribution is -2.47. The fourth-order valence-electron chi connectivity index (χ4n) is 3.62.